The first-order chi connectivity index (χ1) is 8.31. The number of guanidine groups is 1. The Labute approximate surface area is 105 Å². The van der Waals surface area contributed by atoms with Crippen molar-refractivity contribution in [2.24, 2.45) is 10.7 Å². The van der Waals surface area contributed by atoms with E-state index in [1.54, 1.807) is 6.20 Å². The molecule has 0 saturated carbocycles. The van der Waals surface area contributed by atoms with Gasteiger partial charge in [-0.3, -0.25) is 9.98 Å². The van der Waals surface area contributed by atoms with E-state index in [4.69, 9.17) is 17.3 Å². The fraction of sp³-hybridized carbons (Fsp3) is 0.167. The topological polar surface area (TPSA) is 63.3 Å². The average Bonchev–Trinajstić information content (AvgIpc) is 2.37. The lowest BCUT2D eigenvalue weighted by molar-refractivity contribution is 1.13. The van der Waals surface area contributed by atoms with Crippen LogP contribution in [0.15, 0.2) is 41.5 Å². The van der Waals surface area contributed by atoms with E-state index in [0.29, 0.717) is 18.4 Å². The molecule has 2 rings (SSSR count). The number of halogens is 1. The summed E-state index contributed by atoms with van der Waals surface area (Å²) in [6, 6.07) is 9.76. The molecule has 0 radical (unpaired) electrons. The highest BCUT2D eigenvalue weighted by Gasteiger charge is 2.01. The van der Waals surface area contributed by atoms with Crippen LogP contribution in [0.2, 0.25) is 0 Å². The molecule has 4 nitrogen and oxygen atoms in total. The number of pyridine rings is 1. The summed E-state index contributed by atoms with van der Waals surface area (Å²) < 4.78 is 0. The molecular weight excluding hydrogens is 236 g/mol. The Morgan fingerprint density at radius 2 is 2.18 bits per heavy atom. The van der Waals surface area contributed by atoms with Gasteiger partial charge >= 0.3 is 0 Å². The number of aliphatic imine (C=N–C) groups is 1. The Bertz CT molecular complexity index is 534. The summed E-state index contributed by atoms with van der Waals surface area (Å²) in [6.07, 6.45) is 1.75. The molecule has 0 aliphatic carbocycles. The lowest BCUT2D eigenvalue weighted by atomic mass is 10.2. The first-order valence-corrected chi connectivity index (χ1v) is 5.81. The SMILES string of the molecule is NC(=NCCCl)Nc1cccc2cccnc12. The molecule has 17 heavy (non-hydrogen) atoms. The molecule has 0 atom stereocenters. The average molecular weight is 249 g/mol. The zero-order valence-electron chi connectivity index (χ0n) is 9.23. The first kappa shape index (κ1) is 11.7. The summed E-state index contributed by atoms with van der Waals surface area (Å²) in [4.78, 5) is 8.38. The van der Waals surface area contributed by atoms with Gasteiger partial charge in [-0.25, -0.2) is 0 Å². The second-order valence-electron chi connectivity index (χ2n) is 3.46. The minimum atomic E-state index is 0.351. The number of nitrogens with zero attached hydrogens (tertiary/aromatic N) is 2. The molecular formula is C12H13ClN4. The number of benzene rings is 1. The molecule has 0 bridgehead atoms. The van der Waals surface area contributed by atoms with Gasteiger partial charge in [0.1, 0.15) is 0 Å². The van der Waals surface area contributed by atoms with Gasteiger partial charge in [0.25, 0.3) is 0 Å². The zero-order chi connectivity index (χ0) is 12.1. The Hall–Kier alpha value is -1.81. The van der Waals surface area contributed by atoms with Gasteiger partial charge in [0, 0.05) is 17.5 Å². The summed E-state index contributed by atoms with van der Waals surface area (Å²) in [5, 5.41) is 4.08. The first-order valence-electron chi connectivity index (χ1n) is 5.28. The van der Waals surface area contributed by atoms with Crippen molar-refractivity contribution >= 4 is 34.2 Å². The lowest BCUT2D eigenvalue weighted by Gasteiger charge is -2.07. The molecule has 3 N–H and O–H groups in total. The van der Waals surface area contributed by atoms with E-state index in [-0.39, 0.29) is 0 Å². The van der Waals surface area contributed by atoms with Gasteiger partial charge in [-0.1, -0.05) is 18.2 Å². The fourth-order valence-electron chi connectivity index (χ4n) is 1.55. The number of aromatic nitrogens is 1. The molecule has 1 aromatic heterocycles. The number of nitrogens with one attached hydrogen (secondary N) is 1. The van der Waals surface area contributed by atoms with E-state index >= 15 is 0 Å². The van der Waals surface area contributed by atoms with Crippen molar-refractivity contribution < 1.29 is 0 Å². The van der Waals surface area contributed by atoms with Crippen LogP contribution in [0.5, 0.6) is 0 Å². The van der Waals surface area contributed by atoms with Crippen molar-refractivity contribution in [1.82, 2.24) is 4.98 Å². The number of nitrogens with two attached hydrogens (primary N) is 1. The van der Waals surface area contributed by atoms with Gasteiger partial charge in [0.05, 0.1) is 17.7 Å². The van der Waals surface area contributed by atoms with E-state index < -0.39 is 0 Å². The third kappa shape index (κ3) is 2.85. The van der Waals surface area contributed by atoms with Crippen LogP contribution in [0, 0.1) is 0 Å². The van der Waals surface area contributed by atoms with Crippen molar-refractivity contribution in [3.63, 3.8) is 0 Å². The van der Waals surface area contributed by atoms with E-state index in [1.807, 2.05) is 30.3 Å². The smallest absolute Gasteiger partial charge is 0.193 e. The molecule has 1 heterocycles. The number of fused-ring (bicyclic) bond motifs is 1. The van der Waals surface area contributed by atoms with Crippen LogP contribution in [-0.2, 0) is 0 Å². The molecule has 88 valence electrons. The quantitative estimate of drug-likeness (QED) is 0.497. The van der Waals surface area contributed by atoms with Crippen LogP contribution in [-0.4, -0.2) is 23.4 Å². The third-order valence-corrected chi connectivity index (χ3v) is 2.43. The fourth-order valence-corrected chi connectivity index (χ4v) is 1.63. The molecule has 0 unspecified atom stereocenters. The van der Waals surface area contributed by atoms with Crippen LogP contribution in [0.1, 0.15) is 0 Å². The second kappa shape index (κ2) is 5.50. The Morgan fingerprint density at radius 3 is 3.00 bits per heavy atom. The molecule has 0 spiro atoms. The lowest BCUT2D eigenvalue weighted by Crippen LogP contribution is -2.23. The number of alkyl halides is 1. The minimum Gasteiger partial charge on any atom is -0.370 e. The van der Waals surface area contributed by atoms with E-state index in [2.05, 4.69) is 15.3 Å². The predicted octanol–water partition coefficient (Wildman–Crippen LogP) is 2.20. The van der Waals surface area contributed by atoms with E-state index in [0.717, 1.165) is 16.6 Å². The summed E-state index contributed by atoms with van der Waals surface area (Å²) >= 11 is 5.54. The number of hydrogen-bond donors (Lipinski definition) is 2. The van der Waals surface area contributed by atoms with E-state index in [1.165, 1.54) is 0 Å². The maximum atomic E-state index is 5.74. The second-order valence-corrected chi connectivity index (χ2v) is 3.84. The number of para-hydroxylation sites is 1. The van der Waals surface area contributed by atoms with Crippen molar-refractivity contribution in [2.75, 3.05) is 17.7 Å². The number of rotatable bonds is 3. The van der Waals surface area contributed by atoms with Gasteiger partial charge in [0.15, 0.2) is 5.96 Å². The predicted molar refractivity (Wildman–Crippen MR) is 72.6 cm³/mol. The largest absolute Gasteiger partial charge is 0.370 e. The van der Waals surface area contributed by atoms with Crippen LogP contribution < -0.4 is 11.1 Å². The summed E-state index contributed by atoms with van der Waals surface area (Å²) in [6.45, 7) is 0.499. The van der Waals surface area contributed by atoms with Gasteiger partial charge in [-0.05, 0) is 12.1 Å². The summed E-state index contributed by atoms with van der Waals surface area (Å²) in [5.41, 5.74) is 7.46. The van der Waals surface area contributed by atoms with Crippen molar-refractivity contribution in [3.05, 3.63) is 36.5 Å². The maximum absolute atomic E-state index is 5.74. The molecule has 1 aromatic carbocycles. The maximum Gasteiger partial charge on any atom is 0.193 e. The normalized spacial score (nSPS) is 11.7. The Kier molecular flexibility index (Phi) is 3.77. The highest BCUT2D eigenvalue weighted by Crippen LogP contribution is 2.20. The van der Waals surface area contributed by atoms with Crippen LogP contribution in [0.25, 0.3) is 10.9 Å². The molecule has 0 saturated heterocycles. The van der Waals surface area contributed by atoms with Gasteiger partial charge in [-0.15, -0.1) is 11.6 Å². The third-order valence-electron chi connectivity index (χ3n) is 2.26. The molecule has 0 aliphatic heterocycles. The van der Waals surface area contributed by atoms with Crippen LogP contribution in [0.4, 0.5) is 5.69 Å². The van der Waals surface area contributed by atoms with E-state index in [9.17, 15) is 0 Å². The Morgan fingerprint density at radius 1 is 1.35 bits per heavy atom. The molecule has 0 amide bonds. The highest BCUT2D eigenvalue weighted by molar-refractivity contribution is 6.18. The summed E-state index contributed by atoms with van der Waals surface area (Å²) in [5.74, 6) is 0.805. The number of anilines is 1. The van der Waals surface area contributed by atoms with Gasteiger partial charge in [0.2, 0.25) is 0 Å². The van der Waals surface area contributed by atoms with Gasteiger partial charge in [-0.2, -0.15) is 0 Å². The Balaban J connectivity index is 2.30. The molecule has 0 aliphatic rings. The molecule has 5 heteroatoms. The standard InChI is InChI=1S/C12H13ClN4/c13-6-8-16-12(14)17-10-5-1-3-9-4-2-7-15-11(9)10/h1-5,7H,6,8H2,(H3,14,16,17). The number of hydrogen-bond acceptors (Lipinski definition) is 2. The van der Waals surface area contributed by atoms with Crippen molar-refractivity contribution in [3.8, 4) is 0 Å². The van der Waals surface area contributed by atoms with Crippen molar-refractivity contribution in [1.29, 1.82) is 0 Å². The van der Waals surface area contributed by atoms with Crippen LogP contribution >= 0.6 is 11.6 Å². The van der Waals surface area contributed by atoms with Gasteiger partial charge < -0.3 is 11.1 Å². The summed E-state index contributed by atoms with van der Waals surface area (Å²) in [7, 11) is 0. The van der Waals surface area contributed by atoms with Crippen molar-refractivity contribution in [2.45, 2.75) is 0 Å². The minimum absolute atomic E-state index is 0.351. The zero-order valence-corrected chi connectivity index (χ0v) is 9.98. The monoisotopic (exact) mass is 248 g/mol. The molecule has 0 fully saturated rings. The van der Waals surface area contributed by atoms with Crippen LogP contribution in [0.3, 0.4) is 0 Å². The molecule has 2 aromatic rings. The highest BCUT2D eigenvalue weighted by atomic mass is 35.5.